The van der Waals surface area contributed by atoms with E-state index in [9.17, 15) is 0 Å². The Morgan fingerprint density at radius 1 is 0.742 bits per heavy atom. The summed E-state index contributed by atoms with van der Waals surface area (Å²) in [5, 5.41) is 20.4. The molecule has 0 radical (unpaired) electrons. The van der Waals surface area contributed by atoms with Crippen LogP contribution < -0.4 is 0 Å². The van der Waals surface area contributed by atoms with E-state index < -0.39 is 11.9 Å². The molecule has 4 aromatic carbocycles. The molecule has 4 aromatic rings. The van der Waals surface area contributed by atoms with Crippen LogP contribution in [0.1, 0.15) is 11.1 Å². The van der Waals surface area contributed by atoms with Crippen molar-refractivity contribution in [2.24, 2.45) is 0 Å². The Morgan fingerprint density at radius 3 is 1.35 bits per heavy atom. The summed E-state index contributed by atoms with van der Waals surface area (Å²) in [6, 6.07) is 26.5. The Hall–Kier alpha value is -3.57. The van der Waals surface area contributed by atoms with E-state index in [0.717, 1.165) is 12.8 Å². The predicted molar refractivity (Wildman–Crippen MR) is 119 cm³/mol. The van der Waals surface area contributed by atoms with Crippen molar-refractivity contribution in [2.75, 3.05) is 0 Å². The molecule has 31 heavy (non-hydrogen) atoms. The fourth-order valence-corrected chi connectivity index (χ4v) is 3.01. The van der Waals surface area contributed by atoms with Crippen LogP contribution in [0.2, 0.25) is 0 Å². The van der Waals surface area contributed by atoms with Gasteiger partial charge in [-0.05, 0) is 12.8 Å². The van der Waals surface area contributed by atoms with Gasteiger partial charge in [0.15, 0.2) is 0 Å². The number of rotatable bonds is 3. The summed E-state index contributed by atoms with van der Waals surface area (Å²) < 4.78 is 0. The molecule has 0 bridgehead atoms. The quantitative estimate of drug-likeness (QED) is 0.275. The maximum atomic E-state index is 9.13. The van der Waals surface area contributed by atoms with E-state index in [-0.39, 0.29) is 21.7 Å². The van der Waals surface area contributed by atoms with E-state index in [1.807, 2.05) is 0 Å². The number of carboxylic acid groups (broad SMARTS) is 2. The van der Waals surface area contributed by atoms with Crippen molar-refractivity contribution in [2.45, 2.75) is 12.8 Å². The number of aryl methyl sites for hydroxylation is 2. The van der Waals surface area contributed by atoms with Gasteiger partial charge >= 0.3 is 33.7 Å². The van der Waals surface area contributed by atoms with Crippen LogP contribution in [0.4, 0.5) is 0 Å². The Labute approximate surface area is 196 Å². The number of aliphatic carboxylic acids is 2. The second-order valence-electron chi connectivity index (χ2n) is 6.38. The van der Waals surface area contributed by atoms with Crippen LogP contribution in [0.15, 0.2) is 72.8 Å². The van der Waals surface area contributed by atoms with Crippen LogP contribution in [0.25, 0.3) is 21.5 Å². The van der Waals surface area contributed by atoms with Gasteiger partial charge in [-0.2, -0.15) is 12.1 Å². The Kier molecular flexibility index (Phi) is 10.6. The third-order valence-corrected chi connectivity index (χ3v) is 4.30. The first-order chi connectivity index (χ1) is 14.4. The second kappa shape index (κ2) is 12.9. The minimum absolute atomic E-state index is 0. The number of carboxylic acids is 2. The summed E-state index contributed by atoms with van der Waals surface area (Å²) >= 11 is 0. The van der Waals surface area contributed by atoms with Gasteiger partial charge < -0.3 is 10.2 Å². The molecule has 0 saturated carbocycles. The molecule has 0 amide bonds. The van der Waals surface area contributed by atoms with Gasteiger partial charge in [-0.3, -0.25) is 0 Å². The number of fused-ring (bicyclic) bond motifs is 2. The Balaban J connectivity index is 0.000000372. The Bertz CT molecular complexity index is 1070. The maximum Gasteiger partial charge on any atom is 2.00 e. The molecule has 0 aromatic heterocycles. The Morgan fingerprint density at radius 2 is 1.06 bits per heavy atom. The smallest absolute Gasteiger partial charge is 0.472 e. The van der Waals surface area contributed by atoms with Crippen molar-refractivity contribution in [3.8, 4) is 24.7 Å². The predicted octanol–water partition coefficient (Wildman–Crippen LogP) is 4.62. The maximum absolute atomic E-state index is 9.13. The fraction of sp³-hybridized carbons (Fsp3) is 0.0769. The molecular weight excluding hydrogens is 424 g/mol. The van der Waals surface area contributed by atoms with E-state index in [4.69, 9.17) is 19.8 Å². The van der Waals surface area contributed by atoms with Gasteiger partial charge in [-0.25, -0.2) is 9.59 Å². The van der Waals surface area contributed by atoms with Crippen LogP contribution in [0.5, 0.6) is 0 Å². The molecule has 4 rings (SSSR count). The molecular formula is C26H20O4Ti. The SMILES string of the molecule is C#CC(=O)O.C#CC(=O)O.[Ti+2].c1ccc2[cH-]c(CCc3cc4ccccc4[cH-]3)cc2c1. The van der Waals surface area contributed by atoms with Crippen LogP contribution in [-0.4, -0.2) is 22.2 Å². The number of benzene rings is 2. The molecule has 0 heterocycles. The van der Waals surface area contributed by atoms with Gasteiger partial charge in [-0.15, -0.1) is 94.0 Å². The van der Waals surface area contributed by atoms with E-state index in [2.05, 4.69) is 85.6 Å². The van der Waals surface area contributed by atoms with Crippen LogP contribution >= 0.6 is 0 Å². The van der Waals surface area contributed by atoms with Gasteiger partial charge in [0.2, 0.25) is 0 Å². The molecule has 5 heteroatoms. The van der Waals surface area contributed by atoms with E-state index in [1.165, 1.54) is 44.5 Å². The third kappa shape index (κ3) is 8.37. The molecule has 0 atom stereocenters. The topological polar surface area (TPSA) is 74.6 Å². The summed E-state index contributed by atoms with van der Waals surface area (Å²) in [7, 11) is 0. The summed E-state index contributed by atoms with van der Waals surface area (Å²) in [6.45, 7) is 0. The summed E-state index contributed by atoms with van der Waals surface area (Å²) in [5.41, 5.74) is 2.88. The van der Waals surface area contributed by atoms with Crippen LogP contribution in [0, 0.1) is 24.7 Å². The molecule has 0 saturated heterocycles. The second-order valence-corrected chi connectivity index (χ2v) is 6.38. The van der Waals surface area contributed by atoms with E-state index >= 15 is 0 Å². The van der Waals surface area contributed by atoms with Gasteiger partial charge in [0, 0.05) is 11.8 Å². The first-order valence-corrected chi connectivity index (χ1v) is 9.10. The molecule has 152 valence electrons. The fourth-order valence-electron chi connectivity index (χ4n) is 3.01. The molecule has 0 aliphatic carbocycles. The number of hydrogen-bond donors (Lipinski definition) is 2. The van der Waals surface area contributed by atoms with Gasteiger partial charge in [0.05, 0.1) is 0 Å². The van der Waals surface area contributed by atoms with Crippen molar-refractivity contribution < 1.29 is 41.5 Å². The average molecular weight is 444 g/mol. The minimum atomic E-state index is -1.22. The van der Waals surface area contributed by atoms with E-state index in [1.54, 1.807) is 0 Å². The van der Waals surface area contributed by atoms with E-state index in [0.29, 0.717) is 0 Å². The monoisotopic (exact) mass is 444 g/mol. The largest absolute Gasteiger partial charge is 2.00 e. The number of carbonyl (C=O) groups is 2. The summed E-state index contributed by atoms with van der Waals surface area (Å²) in [6.07, 6.45) is 10.9. The van der Waals surface area contributed by atoms with Crippen molar-refractivity contribution in [3.63, 3.8) is 0 Å². The molecule has 0 unspecified atom stereocenters. The average Bonchev–Trinajstić information content (AvgIpc) is 3.36. The molecule has 0 spiro atoms. The minimum Gasteiger partial charge on any atom is -0.472 e. The summed E-state index contributed by atoms with van der Waals surface area (Å²) in [5.74, 6) is 0.454. The number of terminal acetylenes is 2. The zero-order valence-corrected chi connectivity index (χ0v) is 18.3. The van der Waals surface area contributed by atoms with Crippen molar-refractivity contribution in [3.05, 3.63) is 83.9 Å². The van der Waals surface area contributed by atoms with Crippen molar-refractivity contribution >= 4 is 33.5 Å². The molecule has 0 aliphatic rings. The zero-order chi connectivity index (χ0) is 21.9. The summed E-state index contributed by atoms with van der Waals surface area (Å²) in [4.78, 5) is 18.3. The van der Waals surface area contributed by atoms with Gasteiger partial charge in [0.1, 0.15) is 0 Å². The number of hydrogen-bond acceptors (Lipinski definition) is 2. The molecule has 2 N–H and O–H groups in total. The first-order valence-electron chi connectivity index (χ1n) is 9.10. The standard InChI is InChI=1S/C20H16.2C3H2O2.Ti/c1-2-6-18-12-15(11-17(18)5-1)9-10-16-13-19-7-3-4-8-20(19)14-16;2*1-2-3(4)5;/h1-8,11-14H,9-10H2;2*1H,(H,4,5);/q-2;;;+2. The van der Waals surface area contributed by atoms with Crippen LogP contribution in [-0.2, 0) is 44.1 Å². The normalized spacial score (nSPS) is 9.10. The molecule has 0 fully saturated rings. The molecule has 4 nitrogen and oxygen atoms in total. The zero-order valence-electron chi connectivity index (χ0n) is 16.7. The third-order valence-electron chi connectivity index (χ3n) is 4.30. The van der Waals surface area contributed by atoms with Gasteiger partial charge in [-0.1, -0.05) is 12.1 Å². The van der Waals surface area contributed by atoms with Gasteiger partial charge in [0.25, 0.3) is 0 Å². The van der Waals surface area contributed by atoms with Crippen LogP contribution in [0.3, 0.4) is 0 Å². The first kappa shape index (κ1) is 25.5. The van der Waals surface area contributed by atoms with Crippen molar-refractivity contribution in [1.82, 2.24) is 0 Å². The van der Waals surface area contributed by atoms with Crippen molar-refractivity contribution in [1.29, 1.82) is 0 Å². The molecule has 0 aliphatic heterocycles.